The summed E-state index contributed by atoms with van der Waals surface area (Å²) < 4.78 is 0. The number of aryl methyl sites for hydroxylation is 1. The number of hydrogen-bond donors (Lipinski definition) is 1. The molecule has 0 aliphatic carbocycles. The second kappa shape index (κ2) is 5.16. The molecule has 0 heterocycles. The van der Waals surface area contributed by atoms with Crippen LogP contribution in [-0.2, 0) is 0 Å². The summed E-state index contributed by atoms with van der Waals surface area (Å²) in [6.07, 6.45) is 0. The monoisotopic (exact) mass is 242 g/mol. The third kappa shape index (κ3) is 3.10. The van der Waals surface area contributed by atoms with Crippen LogP contribution >= 0.6 is 11.6 Å². The van der Waals surface area contributed by atoms with Crippen LogP contribution < -0.4 is 5.32 Å². The molecule has 16 heavy (non-hydrogen) atoms. The van der Waals surface area contributed by atoms with Crippen LogP contribution in [0.2, 0.25) is 5.02 Å². The second-order valence-corrected chi connectivity index (χ2v) is 4.56. The molecule has 0 aliphatic heterocycles. The van der Waals surface area contributed by atoms with Gasteiger partial charge in [-0.3, -0.25) is 10.1 Å². The quantitative estimate of drug-likeness (QED) is 0.648. The van der Waals surface area contributed by atoms with E-state index in [0.29, 0.717) is 28.7 Å². The van der Waals surface area contributed by atoms with Gasteiger partial charge < -0.3 is 5.32 Å². The molecule has 0 bridgehead atoms. The van der Waals surface area contributed by atoms with E-state index in [-0.39, 0.29) is 5.69 Å². The Hall–Kier alpha value is -1.29. The van der Waals surface area contributed by atoms with Crippen molar-refractivity contribution in [2.75, 3.05) is 11.9 Å². The summed E-state index contributed by atoms with van der Waals surface area (Å²) in [6.45, 7) is 6.51. The molecular weight excluding hydrogens is 228 g/mol. The van der Waals surface area contributed by atoms with Crippen LogP contribution in [0.3, 0.4) is 0 Å². The zero-order valence-corrected chi connectivity index (χ0v) is 10.3. The van der Waals surface area contributed by atoms with Gasteiger partial charge in [0.25, 0.3) is 5.69 Å². The van der Waals surface area contributed by atoms with Crippen molar-refractivity contribution in [2.24, 2.45) is 5.92 Å². The molecule has 0 spiro atoms. The minimum atomic E-state index is -0.397. The number of halogens is 1. The van der Waals surface area contributed by atoms with Crippen molar-refractivity contribution < 1.29 is 4.92 Å². The van der Waals surface area contributed by atoms with E-state index in [1.807, 2.05) is 13.8 Å². The van der Waals surface area contributed by atoms with Gasteiger partial charge in [0.2, 0.25) is 0 Å². The van der Waals surface area contributed by atoms with E-state index in [9.17, 15) is 10.1 Å². The lowest BCUT2D eigenvalue weighted by molar-refractivity contribution is -0.384. The molecule has 0 saturated carbocycles. The normalized spacial score (nSPS) is 10.6. The number of nitro groups is 1. The minimum absolute atomic E-state index is 0.0718. The van der Waals surface area contributed by atoms with Crippen molar-refractivity contribution in [1.29, 1.82) is 0 Å². The lowest BCUT2D eigenvalue weighted by Gasteiger charge is -2.10. The first-order valence-corrected chi connectivity index (χ1v) is 5.48. The Bertz CT molecular complexity index is 405. The SMILES string of the molecule is Cc1cc([N+](=O)[O-])c(NCC(C)C)cc1Cl. The highest BCUT2D eigenvalue weighted by atomic mass is 35.5. The number of hydrogen-bond acceptors (Lipinski definition) is 3. The molecule has 88 valence electrons. The summed E-state index contributed by atoms with van der Waals surface area (Å²) >= 11 is 5.94. The zero-order valence-electron chi connectivity index (χ0n) is 9.58. The van der Waals surface area contributed by atoms with Gasteiger partial charge >= 0.3 is 0 Å². The highest BCUT2D eigenvalue weighted by Crippen LogP contribution is 2.30. The van der Waals surface area contributed by atoms with Crippen LogP contribution in [0.5, 0.6) is 0 Å². The van der Waals surface area contributed by atoms with Crippen molar-refractivity contribution in [1.82, 2.24) is 0 Å². The number of benzene rings is 1. The molecule has 1 aromatic rings. The average molecular weight is 243 g/mol. The third-order valence-electron chi connectivity index (χ3n) is 2.17. The van der Waals surface area contributed by atoms with Gasteiger partial charge in [0.05, 0.1) is 4.92 Å². The third-order valence-corrected chi connectivity index (χ3v) is 2.58. The molecule has 0 radical (unpaired) electrons. The Morgan fingerprint density at radius 1 is 1.50 bits per heavy atom. The number of nitro benzene ring substituents is 1. The van der Waals surface area contributed by atoms with Crippen molar-refractivity contribution in [3.05, 3.63) is 32.8 Å². The highest BCUT2D eigenvalue weighted by molar-refractivity contribution is 6.31. The summed E-state index contributed by atoms with van der Waals surface area (Å²) in [4.78, 5) is 10.5. The van der Waals surface area contributed by atoms with Gasteiger partial charge in [-0.15, -0.1) is 0 Å². The summed E-state index contributed by atoms with van der Waals surface area (Å²) in [7, 11) is 0. The smallest absolute Gasteiger partial charge is 0.292 e. The molecule has 0 saturated heterocycles. The number of anilines is 1. The van der Waals surface area contributed by atoms with E-state index in [0.717, 1.165) is 0 Å². The van der Waals surface area contributed by atoms with Crippen LogP contribution in [0.4, 0.5) is 11.4 Å². The van der Waals surface area contributed by atoms with Crippen LogP contribution in [0, 0.1) is 23.0 Å². The Morgan fingerprint density at radius 2 is 2.12 bits per heavy atom. The predicted molar refractivity (Wildman–Crippen MR) is 66.2 cm³/mol. The number of rotatable bonds is 4. The van der Waals surface area contributed by atoms with Crippen LogP contribution in [0.1, 0.15) is 19.4 Å². The molecule has 1 rings (SSSR count). The molecule has 0 aromatic heterocycles. The minimum Gasteiger partial charge on any atom is -0.379 e. The van der Waals surface area contributed by atoms with Gasteiger partial charge in [0, 0.05) is 17.6 Å². The van der Waals surface area contributed by atoms with Crippen molar-refractivity contribution >= 4 is 23.0 Å². The van der Waals surface area contributed by atoms with Crippen molar-refractivity contribution in [2.45, 2.75) is 20.8 Å². The maximum absolute atomic E-state index is 10.9. The van der Waals surface area contributed by atoms with Crippen LogP contribution in [0.25, 0.3) is 0 Å². The van der Waals surface area contributed by atoms with Gasteiger partial charge in [-0.05, 0) is 24.5 Å². The maximum atomic E-state index is 10.9. The van der Waals surface area contributed by atoms with Crippen LogP contribution in [-0.4, -0.2) is 11.5 Å². The molecule has 0 amide bonds. The molecule has 1 N–H and O–H groups in total. The fraction of sp³-hybridized carbons (Fsp3) is 0.455. The van der Waals surface area contributed by atoms with E-state index in [4.69, 9.17) is 11.6 Å². The van der Waals surface area contributed by atoms with Gasteiger partial charge in [0.15, 0.2) is 0 Å². The van der Waals surface area contributed by atoms with E-state index in [2.05, 4.69) is 5.32 Å². The first kappa shape index (κ1) is 12.8. The summed E-state index contributed by atoms with van der Waals surface area (Å²) in [5.41, 5.74) is 1.26. The van der Waals surface area contributed by atoms with Gasteiger partial charge in [-0.2, -0.15) is 0 Å². The Balaban J connectivity index is 3.05. The van der Waals surface area contributed by atoms with E-state index < -0.39 is 4.92 Å². The van der Waals surface area contributed by atoms with E-state index >= 15 is 0 Å². The number of nitrogens with one attached hydrogen (secondary N) is 1. The van der Waals surface area contributed by atoms with Gasteiger partial charge in [-0.1, -0.05) is 25.4 Å². The standard InChI is InChI=1S/C11H15ClN2O2/c1-7(2)6-13-10-5-9(12)8(3)4-11(10)14(15)16/h4-5,7,13H,6H2,1-3H3. The molecule has 0 aliphatic rings. The lowest BCUT2D eigenvalue weighted by Crippen LogP contribution is -2.09. The number of nitrogens with zero attached hydrogens (tertiary/aromatic N) is 1. The van der Waals surface area contributed by atoms with Gasteiger partial charge in [0.1, 0.15) is 5.69 Å². The molecule has 5 heteroatoms. The predicted octanol–water partition coefficient (Wildman–Crippen LogP) is 3.62. The average Bonchev–Trinajstić information content (AvgIpc) is 2.18. The second-order valence-electron chi connectivity index (χ2n) is 4.15. The first-order chi connectivity index (χ1) is 7.41. The fourth-order valence-corrected chi connectivity index (χ4v) is 1.44. The Labute approximate surface area is 99.8 Å². The molecule has 4 nitrogen and oxygen atoms in total. The summed E-state index contributed by atoms with van der Waals surface area (Å²) in [5, 5.41) is 14.4. The molecule has 0 fully saturated rings. The topological polar surface area (TPSA) is 55.2 Å². The fourth-order valence-electron chi connectivity index (χ4n) is 1.27. The van der Waals surface area contributed by atoms with Gasteiger partial charge in [-0.25, -0.2) is 0 Å². The zero-order chi connectivity index (χ0) is 12.3. The Morgan fingerprint density at radius 3 is 2.62 bits per heavy atom. The highest BCUT2D eigenvalue weighted by Gasteiger charge is 2.15. The summed E-state index contributed by atoms with van der Waals surface area (Å²) in [6, 6.07) is 3.10. The summed E-state index contributed by atoms with van der Waals surface area (Å²) in [5.74, 6) is 0.416. The lowest BCUT2D eigenvalue weighted by atomic mass is 10.1. The molecule has 0 atom stereocenters. The van der Waals surface area contributed by atoms with E-state index in [1.54, 1.807) is 13.0 Å². The van der Waals surface area contributed by atoms with Crippen LogP contribution in [0.15, 0.2) is 12.1 Å². The van der Waals surface area contributed by atoms with Crippen molar-refractivity contribution in [3.8, 4) is 0 Å². The Kier molecular flexibility index (Phi) is 4.12. The first-order valence-electron chi connectivity index (χ1n) is 5.10. The molecule has 0 unspecified atom stereocenters. The van der Waals surface area contributed by atoms with E-state index in [1.165, 1.54) is 6.07 Å². The molecular formula is C11H15ClN2O2. The van der Waals surface area contributed by atoms with Crippen molar-refractivity contribution in [3.63, 3.8) is 0 Å². The largest absolute Gasteiger partial charge is 0.379 e. The maximum Gasteiger partial charge on any atom is 0.292 e. The molecule has 1 aromatic carbocycles.